The quantitative estimate of drug-likeness (QED) is 0.585. The molecule has 0 unspecified atom stereocenters. The Bertz CT molecular complexity index is 235. The summed E-state index contributed by atoms with van der Waals surface area (Å²) in [5.41, 5.74) is 3.82. The smallest absolute Gasteiger partial charge is 0.450 e. The molecule has 82 valence electrons. The highest BCUT2D eigenvalue weighted by molar-refractivity contribution is 5.53. The first-order chi connectivity index (χ1) is 6.24. The van der Waals surface area contributed by atoms with E-state index in [9.17, 15) is 0 Å². The molecule has 0 aromatic rings. The number of rotatable bonds is 0. The van der Waals surface area contributed by atoms with Gasteiger partial charge in [0.15, 0.2) is 0 Å². The van der Waals surface area contributed by atoms with Crippen molar-refractivity contribution in [3.05, 3.63) is 11.1 Å². The van der Waals surface area contributed by atoms with Crippen LogP contribution in [0.1, 0.15) is 47.0 Å². The average Bonchev–Trinajstić information content (AvgIpc) is 1.96. The van der Waals surface area contributed by atoms with Gasteiger partial charge in [-0.1, -0.05) is 25.0 Å². The minimum Gasteiger partial charge on any atom is -0.450 e. The lowest BCUT2D eigenvalue weighted by Crippen LogP contribution is -2.16. The van der Waals surface area contributed by atoms with Gasteiger partial charge in [0, 0.05) is 0 Å². The molecule has 0 amide bonds. The van der Waals surface area contributed by atoms with E-state index in [1.54, 1.807) is 11.1 Å². The molecule has 0 bridgehead atoms. The standard InChI is InChI=1S/C10H18.CH2O3/c1-8-5-6-10(3,4)7-9(8)2;2-1(3)4/h5-7H2,1-4H3;(H2,2,3,4). The van der Waals surface area contributed by atoms with E-state index in [0.717, 1.165) is 0 Å². The summed E-state index contributed by atoms with van der Waals surface area (Å²) in [6, 6.07) is 0. The van der Waals surface area contributed by atoms with Crippen LogP contribution in [-0.2, 0) is 0 Å². The molecule has 0 fully saturated rings. The summed E-state index contributed by atoms with van der Waals surface area (Å²) in [5.74, 6) is 0. The minimum atomic E-state index is -1.83. The van der Waals surface area contributed by atoms with E-state index in [2.05, 4.69) is 27.7 Å². The predicted octanol–water partition coefficient (Wildman–Crippen LogP) is 3.76. The van der Waals surface area contributed by atoms with Crippen molar-refractivity contribution in [2.45, 2.75) is 47.0 Å². The molecule has 3 nitrogen and oxygen atoms in total. The lowest BCUT2D eigenvalue weighted by molar-refractivity contribution is 0.137. The summed E-state index contributed by atoms with van der Waals surface area (Å²) < 4.78 is 0. The van der Waals surface area contributed by atoms with Gasteiger partial charge in [-0.05, 0) is 38.5 Å². The molecule has 0 spiro atoms. The van der Waals surface area contributed by atoms with E-state index in [1.807, 2.05) is 0 Å². The lowest BCUT2D eigenvalue weighted by Gasteiger charge is -2.30. The van der Waals surface area contributed by atoms with Crippen LogP contribution in [0, 0.1) is 5.41 Å². The van der Waals surface area contributed by atoms with Crippen LogP contribution in [0.3, 0.4) is 0 Å². The van der Waals surface area contributed by atoms with Gasteiger partial charge in [0.1, 0.15) is 0 Å². The number of carboxylic acid groups (broad SMARTS) is 2. The van der Waals surface area contributed by atoms with Gasteiger partial charge in [0.05, 0.1) is 0 Å². The minimum absolute atomic E-state index is 0.573. The summed E-state index contributed by atoms with van der Waals surface area (Å²) in [6.45, 7) is 9.27. The molecule has 0 radical (unpaired) electrons. The predicted molar refractivity (Wildman–Crippen MR) is 56.7 cm³/mol. The van der Waals surface area contributed by atoms with E-state index in [0.29, 0.717) is 5.41 Å². The highest BCUT2D eigenvalue weighted by Crippen LogP contribution is 2.37. The Hall–Kier alpha value is -0.990. The van der Waals surface area contributed by atoms with Crippen LogP contribution in [0.25, 0.3) is 0 Å². The Morgan fingerprint density at radius 2 is 1.64 bits per heavy atom. The largest absolute Gasteiger partial charge is 0.503 e. The molecule has 0 aliphatic heterocycles. The average molecular weight is 200 g/mol. The molecular formula is C11H20O3. The number of hydrogen-bond donors (Lipinski definition) is 2. The van der Waals surface area contributed by atoms with Crippen LogP contribution in [-0.4, -0.2) is 16.4 Å². The molecule has 0 aromatic heterocycles. The first-order valence-electron chi connectivity index (χ1n) is 4.82. The Morgan fingerprint density at radius 3 is 1.93 bits per heavy atom. The van der Waals surface area contributed by atoms with Gasteiger partial charge in [0.25, 0.3) is 0 Å². The number of hydrogen-bond acceptors (Lipinski definition) is 1. The zero-order valence-electron chi connectivity index (χ0n) is 9.42. The molecule has 0 aromatic carbocycles. The van der Waals surface area contributed by atoms with Crippen LogP contribution < -0.4 is 0 Å². The van der Waals surface area contributed by atoms with Crippen molar-refractivity contribution in [3.8, 4) is 0 Å². The lowest BCUT2D eigenvalue weighted by atomic mass is 9.75. The molecule has 1 aliphatic carbocycles. The molecule has 0 atom stereocenters. The maximum Gasteiger partial charge on any atom is 0.503 e. The Labute approximate surface area is 85.4 Å². The van der Waals surface area contributed by atoms with Crippen LogP contribution >= 0.6 is 0 Å². The molecule has 14 heavy (non-hydrogen) atoms. The van der Waals surface area contributed by atoms with E-state index >= 15 is 0 Å². The van der Waals surface area contributed by atoms with Gasteiger partial charge in [-0.2, -0.15) is 0 Å². The first kappa shape index (κ1) is 13.0. The van der Waals surface area contributed by atoms with Crippen molar-refractivity contribution in [1.82, 2.24) is 0 Å². The van der Waals surface area contributed by atoms with E-state index in [-0.39, 0.29) is 0 Å². The Kier molecular flexibility index (Phi) is 4.68. The van der Waals surface area contributed by atoms with E-state index in [4.69, 9.17) is 15.0 Å². The third-order valence-electron chi connectivity index (χ3n) is 2.65. The second-order valence-electron chi connectivity index (χ2n) is 4.68. The summed E-state index contributed by atoms with van der Waals surface area (Å²) in [7, 11) is 0. The summed E-state index contributed by atoms with van der Waals surface area (Å²) in [4.78, 5) is 8.56. The topological polar surface area (TPSA) is 57.5 Å². The first-order valence-corrected chi connectivity index (χ1v) is 4.82. The van der Waals surface area contributed by atoms with Crippen LogP contribution in [0.4, 0.5) is 4.79 Å². The van der Waals surface area contributed by atoms with Crippen LogP contribution in [0.5, 0.6) is 0 Å². The van der Waals surface area contributed by atoms with Crippen molar-refractivity contribution in [1.29, 1.82) is 0 Å². The number of allylic oxidation sites excluding steroid dienone is 2. The second-order valence-corrected chi connectivity index (χ2v) is 4.68. The molecule has 0 saturated carbocycles. The molecule has 1 rings (SSSR count). The van der Waals surface area contributed by atoms with Crippen molar-refractivity contribution >= 4 is 6.16 Å². The SMILES string of the molecule is CC1=C(C)CC(C)(C)CC1.O=C(O)O. The van der Waals surface area contributed by atoms with Crippen LogP contribution in [0.15, 0.2) is 11.1 Å². The normalized spacial score (nSPS) is 19.7. The third kappa shape index (κ3) is 5.62. The molecule has 3 heteroatoms. The van der Waals surface area contributed by atoms with Gasteiger partial charge in [0.2, 0.25) is 0 Å². The summed E-state index contributed by atoms with van der Waals surface area (Å²) >= 11 is 0. The summed E-state index contributed by atoms with van der Waals surface area (Å²) in [6.07, 6.45) is 2.16. The third-order valence-corrected chi connectivity index (χ3v) is 2.65. The van der Waals surface area contributed by atoms with Gasteiger partial charge in [-0.15, -0.1) is 0 Å². The molecule has 1 aliphatic rings. The molecule has 0 saturated heterocycles. The highest BCUT2D eigenvalue weighted by Gasteiger charge is 2.22. The fraction of sp³-hybridized carbons (Fsp3) is 0.727. The maximum absolute atomic E-state index is 8.56. The Balaban J connectivity index is 0.000000364. The highest BCUT2D eigenvalue weighted by atomic mass is 16.6. The van der Waals surface area contributed by atoms with Crippen molar-refractivity contribution < 1.29 is 15.0 Å². The molecular weight excluding hydrogens is 180 g/mol. The fourth-order valence-corrected chi connectivity index (χ4v) is 1.70. The van der Waals surface area contributed by atoms with Gasteiger partial charge >= 0.3 is 6.16 Å². The zero-order valence-corrected chi connectivity index (χ0v) is 9.42. The van der Waals surface area contributed by atoms with Crippen LogP contribution in [0.2, 0.25) is 0 Å². The monoisotopic (exact) mass is 200 g/mol. The molecule has 2 N–H and O–H groups in total. The van der Waals surface area contributed by atoms with Gasteiger partial charge < -0.3 is 10.2 Å². The molecule has 0 heterocycles. The second kappa shape index (κ2) is 5.03. The van der Waals surface area contributed by atoms with E-state index < -0.39 is 6.16 Å². The van der Waals surface area contributed by atoms with Crippen molar-refractivity contribution in [2.75, 3.05) is 0 Å². The number of carbonyl (C=O) groups is 1. The van der Waals surface area contributed by atoms with Gasteiger partial charge in [-0.3, -0.25) is 0 Å². The maximum atomic E-state index is 8.56. The Morgan fingerprint density at radius 1 is 1.21 bits per heavy atom. The summed E-state index contributed by atoms with van der Waals surface area (Å²) in [5, 5.41) is 13.9. The van der Waals surface area contributed by atoms with E-state index in [1.165, 1.54) is 19.3 Å². The zero-order chi connectivity index (χ0) is 11.4. The van der Waals surface area contributed by atoms with Gasteiger partial charge in [-0.25, -0.2) is 4.79 Å². The fourth-order valence-electron chi connectivity index (χ4n) is 1.70. The van der Waals surface area contributed by atoms with Crippen molar-refractivity contribution in [3.63, 3.8) is 0 Å². The van der Waals surface area contributed by atoms with Crippen molar-refractivity contribution in [2.24, 2.45) is 5.41 Å².